The third kappa shape index (κ3) is 4.39. The summed E-state index contributed by atoms with van der Waals surface area (Å²) >= 11 is 0. The molecule has 3 aromatic rings. The van der Waals surface area contributed by atoms with Crippen molar-refractivity contribution in [1.29, 1.82) is 0 Å². The predicted molar refractivity (Wildman–Crippen MR) is 155 cm³/mol. The average Bonchev–Trinajstić information content (AvgIpc) is 3.28. The number of esters is 1. The number of rotatable bonds is 8. The minimum atomic E-state index is -0.898. The van der Waals surface area contributed by atoms with Gasteiger partial charge in [-0.25, -0.2) is 4.79 Å². The van der Waals surface area contributed by atoms with Gasteiger partial charge in [0.1, 0.15) is 11.9 Å². The van der Waals surface area contributed by atoms with Gasteiger partial charge in [0.2, 0.25) is 0 Å². The number of methoxy groups -OCH3 is 1. The van der Waals surface area contributed by atoms with Crippen molar-refractivity contribution < 1.29 is 23.9 Å². The Morgan fingerprint density at radius 2 is 1.73 bits per heavy atom. The minimum Gasteiger partial charge on any atom is -0.497 e. The lowest BCUT2D eigenvalue weighted by atomic mass is 9.64. The summed E-state index contributed by atoms with van der Waals surface area (Å²) in [7, 11) is 1.57. The van der Waals surface area contributed by atoms with E-state index in [-0.39, 0.29) is 22.7 Å². The summed E-state index contributed by atoms with van der Waals surface area (Å²) in [6.45, 7) is 9.08. The highest BCUT2D eigenvalue weighted by Gasteiger charge is 2.68. The Kier molecular flexibility index (Phi) is 7.28. The Hall–Kier alpha value is -3.96. The smallest absolute Gasteiger partial charge is 0.463 e. The van der Waals surface area contributed by atoms with E-state index >= 15 is 0 Å². The summed E-state index contributed by atoms with van der Waals surface area (Å²) in [5.74, 6) is -0.894. The highest BCUT2D eigenvalue weighted by molar-refractivity contribution is 6.64. The Morgan fingerprint density at radius 1 is 1.02 bits per heavy atom. The first-order chi connectivity index (χ1) is 19.2. The third-order valence-corrected chi connectivity index (χ3v) is 9.73. The number of carbonyl (C=O) groups is 2. The number of anilines is 1. The molecule has 0 spiro atoms. The molecule has 0 radical (unpaired) electrons. The maximum atomic E-state index is 13.6. The van der Waals surface area contributed by atoms with Crippen LogP contribution in [0.1, 0.15) is 58.4 Å². The normalized spacial score (nSPS) is 24.4. The van der Waals surface area contributed by atoms with Crippen molar-refractivity contribution in [3.63, 3.8) is 0 Å². The molecule has 2 bridgehead atoms. The van der Waals surface area contributed by atoms with E-state index in [2.05, 4.69) is 55.9 Å². The molecule has 3 aromatic carbocycles. The fraction of sp³-hybridized carbons (Fsp3) is 0.424. The Balaban J connectivity index is 1.46. The van der Waals surface area contributed by atoms with Gasteiger partial charge in [-0.05, 0) is 70.7 Å². The molecule has 2 saturated carbocycles. The zero-order chi connectivity index (χ0) is 28.7. The molecule has 1 amide bonds. The Labute approximate surface area is 235 Å². The van der Waals surface area contributed by atoms with Crippen LogP contribution in [0.5, 0.6) is 5.75 Å². The van der Waals surface area contributed by atoms with Crippen LogP contribution < -0.4 is 9.64 Å². The lowest BCUT2D eigenvalue weighted by molar-refractivity contribution is -0.151. The monoisotopic (exact) mass is 539 g/mol. The van der Waals surface area contributed by atoms with E-state index in [1.807, 2.05) is 19.1 Å². The molecule has 2 aliphatic rings. The maximum Gasteiger partial charge on any atom is 0.463 e. The highest BCUT2D eigenvalue weighted by Crippen LogP contribution is 2.71. The number of amides is 1. The van der Waals surface area contributed by atoms with Crippen molar-refractivity contribution in [2.24, 2.45) is 16.7 Å². The molecule has 208 valence electrons. The number of benzene rings is 3. The molecule has 7 nitrogen and oxygen atoms in total. The predicted octanol–water partition coefficient (Wildman–Crippen LogP) is 6.41. The molecule has 0 aromatic heterocycles. The minimum absolute atomic E-state index is 0.0572. The zero-order valence-electron chi connectivity index (χ0n) is 23.9. The topological polar surface area (TPSA) is 92.2 Å². The molecular weight excluding hydrogens is 502 g/mol. The van der Waals surface area contributed by atoms with Crippen LogP contribution in [0.15, 0.2) is 66.7 Å². The summed E-state index contributed by atoms with van der Waals surface area (Å²) < 4.78 is 11.4. The molecule has 0 N–H and O–H groups in total. The Morgan fingerprint density at radius 3 is 2.38 bits per heavy atom. The summed E-state index contributed by atoms with van der Waals surface area (Å²) in [4.78, 5) is 31.8. The van der Waals surface area contributed by atoms with Gasteiger partial charge in [0.05, 0.1) is 7.11 Å². The van der Waals surface area contributed by atoms with Gasteiger partial charge in [0.25, 0.3) is 0 Å². The standard InChI is InChI=1S/C33H37N3O4/c1-6-19-36(24-13-15-25(39-5)16-14-24)30(37)28(35-34)31(38)40-29-26-17-18-33(4,32(26,2)3)27(29)23-12-11-21-9-7-8-10-22(21)20-23/h7-16,20,26-27,29H,6,17-19H2,1-5H3/t26-,27-,29-,33+/m0/s1. The van der Waals surface area contributed by atoms with E-state index < -0.39 is 23.7 Å². The van der Waals surface area contributed by atoms with Gasteiger partial charge in [-0.15, -0.1) is 0 Å². The lowest BCUT2D eigenvalue weighted by Gasteiger charge is -2.40. The molecule has 5 rings (SSSR count). The maximum absolute atomic E-state index is 13.6. The average molecular weight is 540 g/mol. The quantitative estimate of drug-likeness (QED) is 0.109. The zero-order valence-corrected chi connectivity index (χ0v) is 23.9. The second-order valence-corrected chi connectivity index (χ2v) is 11.8. The van der Waals surface area contributed by atoms with Crippen LogP contribution in [0.4, 0.5) is 5.69 Å². The van der Waals surface area contributed by atoms with Gasteiger partial charge in [-0.3, -0.25) is 4.79 Å². The van der Waals surface area contributed by atoms with Crippen molar-refractivity contribution in [2.45, 2.75) is 59.0 Å². The molecule has 2 fully saturated rings. The number of fused-ring (bicyclic) bond motifs is 3. The number of carbonyl (C=O) groups excluding carboxylic acids is 2. The number of hydrogen-bond acceptors (Lipinski definition) is 4. The Bertz CT molecular complexity index is 1490. The number of nitrogens with zero attached hydrogens (tertiary/aromatic N) is 3. The SMILES string of the molecule is CCCN(C(=O)C(=[N+]=[N-])C(=O)O[C@H]1[C@@H]2CC[C@](C)([C@H]1c1ccc3ccccc3c1)C2(C)C)c1ccc(OC)cc1. The van der Waals surface area contributed by atoms with E-state index in [1.54, 1.807) is 31.4 Å². The molecule has 0 heterocycles. The van der Waals surface area contributed by atoms with Crippen molar-refractivity contribution in [3.8, 4) is 5.75 Å². The van der Waals surface area contributed by atoms with Gasteiger partial charge >= 0.3 is 17.6 Å². The van der Waals surface area contributed by atoms with E-state index in [9.17, 15) is 15.1 Å². The van der Waals surface area contributed by atoms with Crippen molar-refractivity contribution in [2.75, 3.05) is 18.6 Å². The lowest BCUT2D eigenvalue weighted by Crippen LogP contribution is -2.44. The second-order valence-electron chi connectivity index (χ2n) is 11.8. The summed E-state index contributed by atoms with van der Waals surface area (Å²) in [6, 6.07) is 21.6. The van der Waals surface area contributed by atoms with Crippen LogP contribution in [0.25, 0.3) is 16.3 Å². The van der Waals surface area contributed by atoms with Crippen LogP contribution in [0.3, 0.4) is 0 Å². The fourth-order valence-corrected chi connectivity index (χ4v) is 7.21. The van der Waals surface area contributed by atoms with Gasteiger partial charge in [0, 0.05) is 24.1 Å². The van der Waals surface area contributed by atoms with Crippen LogP contribution in [0, 0.1) is 16.7 Å². The number of hydrogen-bond donors (Lipinski definition) is 0. The first kappa shape index (κ1) is 27.6. The van der Waals surface area contributed by atoms with Gasteiger partial charge in [-0.2, -0.15) is 4.79 Å². The third-order valence-electron chi connectivity index (χ3n) is 9.73. The van der Waals surface area contributed by atoms with Crippen LogP contribution in [0.2, 0.25) is 0 Å². The van der Waals surface area contributed by atoms with E-state index in [4.69, 9.17) is 9.47 Å². The molecule has 7 heteroatoms. The van der Waals surface area contributed by atoms with Gasteiger partial charge in [-0.1, -0.05) is 70.2 Å². The molecule has 0 saturated heterocycles. The number of ether oxygens (including phenoxy) is 2. The summed E-state index contributed by atoms with van der Waals surface area (Å²) in [6.07, 6.45) is 2.15. The van der Waals surface area contributed by atoms with Gasteiger partial charge < -0.3 is 19.9 Å². The van der Waals surface area contributed by atoms with E-state index in [1.165, 1.54) is 4.90 Å². The molecule has 0 unspecified atom stereocenters. The molecule has 40 heavy (non-hydrogen) atoms. The van der Waals surface area contributed by atoms with Crippen molar-refractivity contribution in [3.05, 3.63) is 77.8 Å². The second kappa shape index (κ2) is 10.5. The van der Waals surface area contributed by atoms with Crippen LogP contribution in [-0.2, 0) is 14.3 Å². The summed E-state index contributed by atoms with van der Waals surface area (Å²) in [5.41, 5.74) is 10.8. The van der Waals surface area contributed by atoms with Gasteiger partial charge in [0.15, 0.2) is 0 Å². The first-order valence-electron chi connectivity index (χ1n) is 14.0. The largest absolute Gasteiger partial charge is 0.497 e. The molecule has 2 aliphatic carbocycles. The highest BCUT2D eigenvalue weighted by atomic mass is 16.5. The molecule has 4 atom stereocenters. The molecular formula is C33H37N3O4. The van der Waals surface area contributed by atoms with E-state index in [0.717, 1.165) is 29.2 Å². The van der Waals surface area contributed by atoms with Crippen LogP contribution >= 0.6 is 0 Å². The molecule has 0 aliphatic heterocycles. The van der Waals surface area contributed by atoms with Crippen LogP contribution in [-0.4, -0.2) is 42.1 Å². The first-order valence-corrected chi connectivity index (χ1v) is 14.0. The van der Waals surface area contributed by atoms with E-state index in [0.29, 0.717) is 24.4 Å². The fourth-order valence-electron chi connectivity index (χ4n) is 7.21. The van der Waals surface area contributed by atoms with Crippen molar-refractivity contribution in [1.82, 2.24) is 0 Å². The van der Waals surface area contributed by atoms with Crippen molar-refractivity contribution >= 4 is 34.0 Å². The summed E-state index contributed by atoms with van der Waals surface area (Å²) in [5, 5.41) is 2.29.